The molecule has 0 spiro atoms. The molecule has 12 heteroatoms. The van der Waals surface area contributed by atoms with Gasteiger partial charge in [0.2, 0.25) is 5.82 Å². The van der Waals surface area contributed by atoms with Crippen LogP contribution in [0.1, 0.15) is 11.1 Å². The standard InChI is InChI=1S/C32H23IN4O7/c1-41-26-11-6-12-27-23(26)16-29(44-27)31-35-25-10-4-3-9-22(25)32(38)36(31)34-17-20-14-24(33)30(28(15-20)42-2)43-18-19-7-5-8-21(13-19)37(39)40/h3-17H,18H2,1-2H3. The van der Waals surface area contributed by atoms with E-state index >= 15 is 0 Å². The lowest BCUT2D eigenvalue weighted by Gasteiger charge is -2.14. The van der Waals surface area contributed by atoms with Crippen LogP contribution in [0.3, 0.4) is 0 Å². The van der Waals surface area contributed by atoms with E-state index in [0.29, 0.717) is 54.2 Å². The smallest absolute Gasteiger partial charge is 0.282 e. The highest BCUT2D eigenvalue weighted by molar-refractivity contribution is 14.1. The monoisotopic (exact) mass is 702 g/mol. The van der Waals surface area contributed by atoms with Crippen LogP contribution in [0.25, 0.3) is 33.5 Å². The van der Waals surface area contributed by atoms with Gasteiger partial charge in [-0.2, -0.15) is 9.78 Å². The summed E-state index contributed by atoms with van der Waals surface area (Å²) in [4.78, 5) is 29.1. The summed E-state index contributed by atoms with van der Waals surface area (Å²) in [6, 6.07) is 24.1. The van der Waals surface area contributed by atoms with Gasteiger partial charge in [-0.15, -0.1) is 0 Å². The number of non-ortho nitro benzene ring substituents is 1. The van der Waals surface area contributed by atoms with Gasteiger partial charge in [0.25, 0.3) is 11.2 Å². The van der Waals surface area contributed by atoms with Crippen LogP contribution in [-0.2, 0) is 6.61 Å². The van der Waals surface area contributed by atoms with Crippen molar-refractivity contribution in [3.8, 4) is 28.8 Å². The predicted molar refractivity (Wildman–Crippen MR) is 174 cm³/mol. The lowest BCUT2D eigenvalue weighted by molar-refractivity contribution is -0.384. The first-order chi connectivity index (χ1) is 21.4. The summed E-state index contributed by atoms with van der Waals surface area (Å²) in [5.41, 5.74) is 1.98. The maximum absolute atomic E-state index is 13.7. The third-order valence-corrected chi connectivity index (χ3v) is 7.60. The highest BCUT2D eigenvalue weighted by Crippen LogP contribution is 2.35. The number of ether oxygens (including phenoxy) is 3. The van der Waals surface area contributed by atoms with Gasteiger partial charge in [0.1, 0.15) is 17.9 Å². The van der Waals surface area contributed by atoms with E-state index in [9.17, 15) is 14.9 Å². The van der Waals surface area contributed by atoms with Crippen LogP contribution in [0.5, 0.6) is 17.2 Å². The van der Waals surface area contributed by atoms with Gasteiger partial charge in [-0.1, -0.05) is 30.3 Å². The summed E-state index contributed by atoms with van der Waals surface area (Å²) < 4.78 is 25.1. The number of furan rings is 1. The molecular weight excluding hydrogens is 679 g/mol. The van der Waals surface area contributed by atoms with E-state index in [0.717, 1.165) is 5.39 Å². The molecule has 11 nitrogen and oxygen atoms in total. The second kappa shape index (κ2) is 12.2. The number of halogens is 1. The molecule has 2 heterocycles. The number of rotatable bonds is 9. The molecule has 0 aliphatic rings. The number of nitrogens with zero attached hydrogens (tertiary/aromatic N) is 4. The zero-order valence-corrected chi connectivity index (χ0v) is 25.5. The highest BCUT2D eigenvalue weighted by Gasteiger charge is 2.18. The summed E-state index contributed by atoms with van der Waals surface area (Å²) >= 11 is 2.12. The van der Waals surface area contributed by atoms with Crippen LogP contribution in [0, 0.1) is 13.7 Å². The first-order valence-electron chi connectivity index (χ1n) is 13.2. The molecule has 0 atom stereocenters. The molecule has 44 heavy (non-hydrogen) atoms. The maximum Gasteiger partial charge on any atom is 0.282 e. The fourth-order valence-electron chi connectivity index (χ4n) is 4.71. The first kappa shape index (κ1) is 28.9. The number of nitro groups is 1. The second-order valence-corrected chi connectivity index (χ2v) is 10.7. The van der Waals surface area contributed by atoms with E-state index in [1.807, 2.05) is 30.3 Å². The third kappa shape index (κ3) is 5.58. The summed E-state index contributed by atoms with van der Waals surface area (Å²) in [5.74, 6) is 2.10. The largest absolute Gasteiger partial charge is 0.496 e. The van der Waals surface area contributed by atoms with Crippen molar-refractivity contribution in [2.45, 2.75) is 6.61 Å². The number of nitro benzene ring substituents is 1. The molecule has 0 aliphatic heterocycles. The predicted octanol–water partition coefficient (Wildman–Crippen LogP) is 6.80. The van der Waals surface area contributed by atoms with Crippen molar-refractivity contribution in [2.75, 3.05) is 14.2 Å². The first-order valence-corrected chi connectivity index (χ1v) is 14.3. The number of hydrogen-bond acceptors (Lipinski definition) is 9. The number of aromatic nitrogens is 2. The normalized spacial score (nSPS) is 11.3. The van der Waals surface area contributed by atoms with Crippen LogP contribution in [-0.4, -0.2) is 35.0 Å². The Morgan fingerprint density at radius 3 is 2.57 bits per heavy atom. The molecule has 0 saturated heterocycles. The quantitative estimate of drug-likeness (QED) is 0.0696. The molecule has 4 aromatic carbocycles. The number of fused-ring (bicyclic) bond motifs is 2. The van der Waals surface area contributed by atoms with Crippen LogP contribution in [0.4, 0.5) is 5.69 Å². The van der Waals surface area contributed by atoms with E-state index in [4.69, 9.17) is 23.6 Å². The lowest BCUT2D eigenvalue weighted by Crippen LogP contribution is -2.20. The Kier molecular flexibility index (Phi) is 7.98. The average Bonchev–Trinajstić information content (AvgIpc) is 3.48. The Morgan fingerprint density at radius 2 is 1.77 bits per heavy atom. The maximum atomic E-state index is 13.7. The van der Waals surface area contributed by atoms with Gasteiger partial charge in [-0.05, 0) is 76.2 Å². The van der Waals surface area contributed by atoms with Crippen LogP contribution >= 0.6 is 22.6 Å². The van der Waals surface area contributed by atoms with Crippen molar-refractivity contribution in [3.05, 3.63) is 120 Å². The molecule has 0 aliphatic carbocycles. The Morgan fingerprint density at radius 1 is 0.977 bits per heavy atom. The number of hydrogen-bond donors (Lipinski definition) is 0. The fourth-order valence-corrected chi connectivity index (χ4v) is 5.49. The van der Waals surface area contributed by atoms with Crippen molar-refractivity contribution in [3.63, 3.8) is 0 Å². The van der Waals surface area contributed by atoms with E-state index < -0.39 is 4.92 Å². The molecule has 6 rings (SSSR count). The summed E-state index contributed by atoms with van der Waals surface area (Å²) in [5, 5.41) is 16.8. The number of methoxy groups -OCH3 is 2. The fraction of sp³-hybridized carbons (Fsp3) is 0.0938. The molecule has 220 valence electrons. The van der Waals surface area contributed by atoms with Crippen LogP contribution in [0.15, 0.2) is 99.2 Å². The molecule has 0 unspecified atom stereocenters. The van der Waals surface area contributed by atoms with Gasteiger partial charge in [0.05, 0.1) is 45.2 Å². The molecule has 0 N–H and O–H groups in total. The van der Waals surface area contributed by atoms with E-state index in [2.05, 4.69) is 27.7 Å². The van der Waals surface area contributed by atoms with E-state index in [1.54, 1.807) is 49.6 Å². The lowest BCUT2D eigenvalue weighted by atomic mass is 10.2. The van der Waals surface area contributed by atoms with Crippen molar-refractivity contribution >= 4 is 56.4 Å². The molecule has 6 aromatic rings. The Labute approximate surface area is 263 Å². The minimum Gasteiger partial charge on any atom is -0.496 e. The summed E-state index contributed by atoms with van der Waals surface area (Å²) in [6.07, 6.45) is 1.53. The zero-order valence-electron chi connectivity index (χ0n) is 23.4. The zero-order chi connectivity index (χ0) is 30.8. The van der Waals surface area contributed by atoms with Crippen molar-refractivity contribution in [2.24, 2.45) is 5.10 Å². The second-order valence-electron chi connectivity index (χ2n) is 9.55. The van der Waals surface area contributed by atoms with E-state index in [-0.39, 0.29) is 23.7 Å². The van der Waals surface area contributed by atoms with Gasteiger partial charge in [-0.25, -0.2) is 4.98 Å². The SMILES string of the molecule is COc1cc(C=Nn2c(-c3cc4c(OC)cccc4o3)nc3ccccc3c2=O)cc(I)c1OCc1cccc([N+](=O)[O-])c1. The van der Waals surface area contributed by atoms with Crippen LogP contribution in [0.2, 0.25) is 0 Å². The van der Waals surface area contributed by atoms with Gasteiger partial charge >= 0.3 is 0 Å². The number of benzene rings is 4. The minimum absolute atomic E-state index is 0.0149. The van der Waals surface area contributed by atoms with Gasteiger partial charge in [0, 0.05) is 12.1 Å². The molecule has 2 aromatic heterocycles. The van der Waals surface area contributed by atoms with Gasteiger partial charge in [0.15, 0.2) is 17.3 Å². The summed E-state index contributed by atoms with van der Waals surface area (Å²) in [6.45, 7) is 0.102. The Balaban J connectivity index is 1.38. The molecule has 0 bridgehead atoms. The molecule has 0 fully saturated rings. The summed E-state index contributed by atoms with van der Waals surface area (Å²) in [7, 11) is 3.09. The van der Waals surface area contributed by atoms with Gasteiger partial charge in [-0.3, -0.25) is 14.9 Å². The molecule has 0 saturated carbocycles. The van der Waals surface area contributed by atoms with Crippen molar-refractivity contribution in [1.29, 1.82) is 0 Å². The van der Waals surface area contributed by atoms with Crippen molar-refractivity contribution < 1.29 is 23.6 Å². The van der Waals surface area contributed by atoms with Crippen molar-refractivity contribution in [1.82, 2.24) is 9.66 Å². The molecule has 0 radical (unpaired) electrons. The van der Waals surface area contributed by atoms with E-state index in [1.165, 1.54) is 30.1 Å². The molecule has 0 amide bonds. The Bertz CT molecular complexity index is 2140. The Hall–Kier alpha value is -5.24. The number of para-hydroxylation sites is 1. The van der Waals surface area contributed by atoms with Gasteiger partial charge < -0.3 is 18.6 Å². The highest BCUT2D eigenvalue weighted by atomic mass is 127. The average molecular weight is 702 g/mol. The third-order valence-electron chi connectivity index (χ3n) is 6.79. The van der Waals surface area contributed by atoms with Crippen LogP contribution < -0.4 is 19.8 Å². The molecular formula is C32H23IN4O7. The minimum atomic E-state index is -0.450. The topological polar surface area (TPSA) is 131 Å².